The van der Waals surface area contributed by atoms with Gasteiger partial charge in [0.2, 0.25) is 0 Å². The first-order chi connectivity index (χ1) is 7.91. The molecule has 0 amide bonds. The molecule has 3 heteroatoms. The smallest absolute Gasteiger partial charge is 0.126 e. The average Bonchev–Trinajstić information content (AvgIpc) is 2.69. The third-order valence-corrected chi connectivity index (χ3v) is 3.60. The molecule has 1 N–H and O–H groups in total. The van der Waals surface area contributed by atoms with Crippen LogP contribution in [0.25, 0.3) is 0 Å². The van der Waals surface area contributed by atoms with E-state index < -0.39 is 5.60 Å². The summed E-state index contributed by atoms with van der Waals surface area (Å²) < 4.78 is 18.9. The van der Waals surface area contributed by atoms with Crippen molar-refractivity contribution in [3.8, 4) is 0 Å². The summed E-state index contributed by atoms with van der Waals surface area (Å²) in [6.07, 6.45) is 1.78. The molecular weight excluding hydrogens is 219 g/mol. The van der Waals surface area contributed by atoms with E-state index in [1.54, 1.807) is 26.0 Å². The van der Waals surface area contributed by atoms with Crippen molar-refractivity contribution < 1.29 is 14.2 Å². The van der Waals surface area contributed by atoms with Gasteiger partial charge in [-0.05, 0) is 50.8 Å². The van der Waals surface area contributed by atoms with Crippen LogP contribution >= 0.6 is 0 Å². The largest absolute Gasteiger partial charge is 0.383 e. The Bertz CT molecular complexity index is 415. The van der Waals surface area contributed by atoms with Crippen molar-refractivity contribution in [1.29, 1.82) is 0 Å². The van der Waals surface area contributed by atoms with Crippen molar-refractivity contribution in [2.45, 2.75) is 51.4 Å². The Kier molecular flexibility index (Phi) is 3.23. The van der Waals surface area contributed by atoms with Crippen LogP contribution in [-0.4, -0.2) is 17.3 Å². The second-order valence-corrected chi connectivity index (χ2v) is 5.12. The zero-order valence-corrected chi connectivity index (χ0v) is 10.5. The van der Waals surface area contributed by atoms with Gasteiger partial charge in [0, 0.05) is 0 Å². The minimum Gasteiger partial charge on any atom is -0.383 e. The molecule has 0 unspecified atom stereocenters. The maximum absolute atomic E-state index is 13.2. The molecule has 17 heavy (non-hydrogen) atoms. The highest BCUT2D eigenvalue weighted by molar-refractivity contribution is 5.29. The summed E-state index contributed by atoms with van der Waals surface area (Å²) in [6, 6.07) is 4.73. The van der Waals surface area contributed by atoms with E-state index in [1.165, 1.54) is 6.07 Å². The number of aliphatic hydroxyl groups is 1. The number of hydrogen-bond donors (Lipinski definition) is 1. The van der Waals surface area contributed by atoms with Gasteiger partial charge in [0.1, 0.15) is 11.4 Å². The van der Waals surface area contributed by atoms with Gasteiger partial charge >= 0.3 is 0 Å². The van der Waals surface area contributed by atoms with Crippen LogP contribution in [0.3, 0.4) is 0 Å². The summed E-state index contributed by atoms with van der Waals surface area (Å²) in [6.45, 7) is 5.45. The van der Waals surface area contributed by atoms with Crippen molar-refractivity contribution in [1.82, 2.24) is 0 Å². The van der Waals surface area contributed by atoms with E-state index >= 15 is 0 Å². The number of halogens is 1. The fourth-order valence-electron chi connectivity index (χ4n) is 2.36. The van der Waals surface area contributed by atoms with E-state index in [9.17, 15) is 9.50 Å². The first-order valence-corrected chi connectivity index (χ1v) is 6.05. The Balaban J connectivity index is 2.27. The number of benzene rings is 1. The summed E-state index contributed by atoms with van der Waals surface area (Å²) in [5.41, 5.74) is 0.216. The van der Waals surface area contributed by atoms with Crippen LogP contribution in [0, 0.1) is 12.7 Å². The van der Waals surface area contributed by atoms with Crippen LogP contribution in [-0.2, 0) is 10.3 Å². The molecule has 1 fully saturated rings. The Labute approximate surface area is 101 Å². The van der Waals surface area contributed by atoms with Crippen molar-refractivity contribution in [2.75, 3.05) is 0 Å². The molecule has 2 rings (SSSR count). The second kappa shape index (κ2) is 4.39. The zero-order chi connectivity index (χ0) is 12.6. The van der Waals surface area contributed by atoms with Crippen molar-refractivity contribution in [3.63, 3.8) is 0 Å². The van der Waals surface area contributed by atoms with Gasteiger partial charge in [0.05, 0.1) is 12.2 Å². The number of ether oxygens (including phenoxy) is 1. The monoisotopic (exact) mass is 238 g/mol. The zero-order valence-electron chi connectivity index (χ0n) is 10.5. The van der Waals surface area contributed by atoms with Gasteiger partial charge in [0.25, 0.3) is 0 Å². The third kappa shape index (κ3) is 2.35. The van der Waals surface area contributed by atoms with E-state index in [0.29, 0.717) is 5.56 Å². The van der Waals surface area contributed by atoms with E-state index in [2.05, 4.69) is 0 Å². The van der Waals surface area contributed by atoms with Crippen LogP contribution in [0.1, 0.15) is 37.8 Å². The highest BCUT2D eigenvalue weighted by atomic mass is 19.1. The van der Waals surface area contributed by atoms with E-state index in [1.807, 2.05) is 6.92 Å². The highest BCUT2D eigenvalue weighted by Gasteiger charge is 2.39. The van der Waals surface area contributed by atoms with Crippen molar-refractivity contribution in [3.05, 3.63) is 35.1 Å². The molecular formula is C14H19FO2. The van der Waals surface area contributed by atoms with Gasteiger partial charge in [-0.3, -0.25) is 0 Å². The van der Waals surface area contributed by atoms with Gasteiger partial charge in [-0.1, -0.05) is 12.1 Å². The predicted molar refractivity (Wildman–Crippen MR) is 64.3 cm³/mol. The lowest BCUT2D eigenvalue weighted by Gasteiger charge is -2.30. The van der Waals surface area contributed by atoms with Gasteiger partial charge in [0.15, 0.2) is 0 Å². The van der Waals surface area contributed by atoms with Gasteiger partial charge in [-0.2, -0.15) is 0 Å². The molecule has 1 aliphatic rings. The van der Waals surface area contributed by atoms with Crippen LogP contribution in [0.5, 0.6) is 0 Å². The molecule has 0 aliphatic carbocycles. The fraction of sp³-hybridized carbons (Fsp3) is 0.571. The highest BCUT2D eigenvalue weighted by Crippen LogP contribution is 2.35. The molecule has 1 heterocycles. The molecule has 3 atom stereocenters. The van der Waals surface area contributed by atoms with Gasteiger partial charge < -0.3 is 9.84 Å². The normalized spacial score (nSPS) is 28.1. The molecule has 0 spiro atoms. The Morgan fingerprint density at radius 2 is 2.12 bits per heavy atom. The Morgan fingerprint density at radius 1 is 1.41 bits per heavy atom. The van der Waals surface area contributed by atoms with Crippen molar-refractivity contribution in [2.24, 2.45) is 0 Å². The lowest BCUT2D eigenvalue weighted by Crippen LogP contribution is -2.36. The number of hydrogen-bond acceptors (Lipinski definition) is 2. The maximum atomic E-state index is 13.2. The SMILES string of the molecule is Cc1cc([C@](C)(O)[C@@H]2CC[C@H](C)O2)ccc1F. The molecule has 1 saturated heterocycles. The number of rotatable bonds is 2. The second-order valence-electron chi connectivity index (χ2n) is 5.12. The van der Waals surface area contributed by atoms with E-state index in [0.717, 1.165) is 18.4 Å². The molecule has 94 valence electrons. The van der Waals surface area contributed by atoms with Crippen LogP contribution in [0.4, 0.5) is 4.39 Å². The Morgan fingerprint density at radius 3 is 2.65 bits per heavy atom. The first-order valence-electron chi connectivity index (χ1n) is 6.05. The van der Waals surface area contributed by atoms with Crippen LogP contribution in [0.2, 0.25) is 0 Å². The van der Waals surface area contributed by atoms with E-state index in [-0.39, 0.29) is 18.0 Å². The molecule has 1 aliphatic heterocycles. The molecule has 0 radical (unpaired) electrons. The fourth-order valence-corrected chi connectivity index (χ4v) is 2.36. The van der Waals surface area contributed by atoms with Crippen LogP contribution < -0.4 is 0 Å². The standard InChI is InChI=1S/C14H19FO2/c1-9-8-11(5-6-12(9)15)14(3,16)13-7-4-10(2)17-13/h5-6,8,10,13,16H,4,7H2,1-3H3/t10-,13-,14-/m0/s1. The molecule has 0 bridgehead atoms. The quantitative estimate of drug-likeness (QED) is 0.858. The number of aryl methyl sites for hydroxylation is 1. The molecule has 1 aromatic carbocycles. The van der Waals surface area contributed by atoms with Gasteiger partial charge in [-0.15, -0.1) is 0 Å². The maximum Gasteiger partial charge on any atom is 0.126 e. The van der Waals surface area contributed by atoms with Crippen LogP contribution in [0.15, 0.2) is 18.2 Å². The molecule has 0 saturated carbocycles. The summed E-state index contributed by atoms with van der Waals surface area (Å²) >= 11 is 0. The summed E-state index contributed by atoms with van der Waals surface area (Å²) in [4.78, 5) is 0. The molecule has 1 aromatic rings. The summed E-state index contributed by atoms with van der Waals surface area (Å²) in [5.74, 6) is -0.245. The molecule has 0 aromatic heterocycles. The third-order valence-electron chi connectivity index (χ3n) is 3.60. The lowest BCUT2D eigenvalue weighted by atomic mass is 9.87. The van der Waals surface area contributed by atoms with Gasteiger partial charge in [-0.25, -0.2) is 4.39 Å². The summed E-state index contributed by atoms with van der Waals surface area (Å²) in [7, 11) is 0. The van der Waals surface area contributed by atoms with Crippen molar-refractivity contribution >= 4 is 0 Å². The first kappa shape index (κ1) is 12.5. The minimum absolute atomic E-state index is 0.188. The topological polar surface area (TPSA) is 29.5 Å². The minimum atomic E-state index is -1.05. The predicted octanol–water partition coefficient (Wildman–Crippen LogP) is 2.91. The molecule has 2 nitrogen and oxygen atoms in total. The average molecular weight is 238 g/mol. The summed E-state index contributed by atoms with van der Waals surface area (Å²) in [5, 5.41) is 10.6. The lowest BCUT2D eigenvalue weighted by molar-refractivity contribution is -0.0944. The van der Waals surface area contributed by atoms with E-state index in [4.69, 9.17) is 4.74 Å². The Hall–Kier alpha value is -0.930.